The van der Waals surface area contributed by atoms with Crippen molar-refractivity contribution in [2.24, 2.45) is 0 Å². The minimum absolute atomic E-state index is 0.579. The summed E-state index contributed by atoms with van der Waals surface area (Å²) >= 11 is 5.33. The zero-order chi connectivity index (χ0) is 16.9. The molecule has 1 aliphatic carbocycles. The van der Waals surface area contributed by atoms with E-state index in [9.17, 15) is 0 Å². The Morgan fingerprint density at radius 1 is 0.920 bits per heavy atom. The van der Waals surface area contributed by atoms with Gasteiger partial charge >= 0.3 is 0 Å². The van der Waals surface area contributed by atoms with Crippen molar-refractivity contribution >= 4 is 27.7 Å². The Kier molecular flexibility index (Phi) is 4.20. The van der Waals surface area contributed by atoms with E-state index in [1.807, 2.05) is 11.8 Å². The van der Waals surface area contributed by atoms with Crippen molar-refractivity contribution in [3.8, 4) is 0 Å². The average Bonchev–Trinajstić information content (AvgIpc) is 2.56. The standard InChI is InChI=1S/C21H23BrN2S/c22-17-3-7-19(8-4-17)25-18-5-1-16(2-6-18)15-23-13-14-24-12-11-21(24)10-9-20(21)23/h1-8,20H,9-15H2. The molecule has 1 saturated carbocycles. The Balaban J connectivity index is 1.24. The highest BCUT2D eigenvalue weighted by molar-refractivity contribution is 9.10. The van der Waals surface area contributed by atoms with Gasteiger partial charge in [0.1, 0.15) is 0 Å². The molecule has 2 unspecified atom stereocenters. The van der Waals surface area contributed by atoms with E-state index in [0.717, 1.165) is 17.1 Å². The van der Waals surface area contributed by atoms with Gasteiger partial charge in [0.15, 0.2) is 0 Å². The molecule has 2 atom stereocenters. The molecule has 3 fully saturated rings. The van der Waals surface area contributed by atoms with Crippen LogP contribution < -0.4 is 0 Å². The Morgan fingerprint density at radius 3 is 2.24 bits per heavy atom. The van der Waals surface area contributed by atoms with Crippen LogP contribution in [0.5, 0.6) is 0 Å². The fraction of sp³-hybridized carbons (Fsp3) is 0.429. The third-order valence-corrected chi connectivity index (χ3v) is 7.92. The van der Waals surface area contributed by atoms with Crippen LogP contribution in [0, 0.1) is 0 Å². The molecule has 2 aromatic carbocycles. The smallest absolute Gasteiger partial charge is 0.0378 e. The van der Waals surface area contributed by atoms with E-state index in [4.69, 9.17) is 0 Å². The van der Waals surface area contributed by atoms with Crippen molar-refractivity contribution in [1.82, 2.24) is 9.80 Å². The molecule has 2 nitrogen and oxygen atoms in total. The molecule has 0 aromatic heterocycles. The molecule has 0 amide bonds. The molecule has 0 bridgehead atoms. The number of piperazine rings is 1. The second-order valence-electron chi connectivity index (χ2n) is 7.57. The van der Waals surface area contributed by atoms with Gasteiger partial charge in [-0.25, -0.2) is 0 Å². The number of nitrogens with zero attached hydrogens (tertiary/aromatic N) is 2. The van der Waals surface area contributed by atoms with Crippen molar-refractivity contribution in [3.63, 3.8) is 0 Å². The van der Waals surface area contributed by atoms with Crippen molar-refractivity contribution in [1.29, 1.82) is 0 Å². The zero-order valence-electron chi connectivity index (χ0n) is 14.3. The lowest BCUT2D eigenvalue weighted by Crippen LogP contribution is -2.79. The van der Waals surface area contributed by atoms with Crippen LogP contribution in [-0.2, 0) is 6.54 Å². The Labute approximate surface area is 162 Å². The topological polar surface area (TPSA) is 6.48 Å². The Bertz CT molecular complexity index is 756. The monoisotopic (exact) mass is 414 g/mol. The number of benzene rings is 2. The van der Waals surface area contributed by atoms with Crippen LogP contribution in [0.15, 0.2) is 62.8 Å². The molecule has 4 heteroatoms. The molecule has 5 rings (SSSR count). The van der Waals surface area contributed by atoms with Crippen molar-refractivity contribution < 1.29 is 0 Å². The second-order valence-corrected chi connectivity index (χ2v) is 9.63. The SMILES string of the molecule is Brc1ccc(Sc2ccc(CN3CCN4CCC45CCC35)cc2)cc1. The van der Waals surface area contributed by atoms with Crippen LogP contribution in [0.25, 0.3) is 0 Å². The highest BCUT2D eigenvalue weighted by atomic mass is 79.9. The highest BCUT2D eigenvalue weighted by Crippen LogP contribution is 2.51. The first-order chi connectivity index (χ1) is 12.2. The van der Waals surface area contributed by atoms with Crippen LogP contribution in [0.2, 0.25) is 0 Å². The predicted molar refractivity (Wildman–Crippen MR) is 107 cm³/mol. The molecule has 0 radical (unpaired) electrons. The lowest BCUT2D eigenvalue weighted by atomic mass is 9.61. The van der Waals surface area contributed by atoms with E-state index in [1.54, 1.807) is 0 Å². The van der Waals surface area contributed by atoms with E-state index < -0.39 is 0 Å². The normalized spacial score (nSPS) is 28.6. The fourth-order valence-electron chi connectivity index (χ4n) is 4.81. The summed E-state index contributed by atoms with van der Waals surface area (Å²) < 4.78 is 1.13. The molecule has 25 heavy (non-hydrogen) atoms. The summed E-state index contributed by atoms with van der Waals surface area (Å²) in [6.07, 6.45) is 4.25. The van der Waals surface area contributed by atoms with Crippen LogP contribution in [-0.4, -0.2) is 41.0 Å². The summed E-state index contributed by atoms with van der Waals surface area (Å²) in [6, 6.07) is 18.5. The number of halogens is 1. The van der Waals surface area contributed by atoms with E-state index >= 15 is 0 Å². The minimum Gasteiger partial charge on any atom is -0.295 e. The van der Waals surface area contributed by atoms with Crippen LogP contribution in [0.4, 0.5) is 0 Å². The molecule has 130 valence electrons. The lowest BCUT2D eigenvalue weighted by molar-refractivity contribution is -0.176. The van der Waals surface area contributed by atoms with E-state index in [1.165, 1.54) is 54.3 Å². The van der Waals surface area contributed by atoms with Gasteiger partial charge in [-0.3, -0.25) is 9.80 Å². The van der Waals surface area contributed by atoms with Crippen LogP contribution in [0.1, 0.15) is 24.8 Å². The third-order valence-electron chi connectivity index (χ3n) is 6.37. The summed E-state index contributed by atoms with van der Waals surface area (Å²) in [5, 5.41) is 0. The number of hydrogen-bond acceptors (Lipinski definition) is 3. The number of rotatable bonds is 4. The van der Waals surface area contributed by atoms with Crippen LogP contribution >= 0.6 is 27.7 Å². The van der Waals surface area contributed by atoms with Gasteiger partial charge in [0.2, 0.25) is 0 Å². The van der Waals surface area contributed by atoms with Crippen molar-refractivity contribution in [2.45, 2.75) is 47.2 Å². The first kappa shape index (κ1) is 16.4. The quantitative estimate of drug-likeness (QED) is 0.692. The third kappa shape index (κ3) is 2.87. The van der Waals surface area contributed by atoms with Gasteiger partial charge in [0.25, 0.3) is 0 Å². The Hall–Kier alpha value is -0.810. The molecular formula is C21H23BrN2S. The molecule has 2 aromatic rings. The largest absolute Gasteiger partial charge is 0.295 e. The van der Waals surface area contributed by atoms with Crippen molar-refractivity contribution in [3.05, 3.63) is 58.6 Å². The highest BCUT2D eigenvalue weighted by Gasteiger charge is 2.59. The Morgan fingerprint density at radius 2 is 1.64 bits per heavy atom. The summed E-state index contributed by atoms with van der Waals surface area (Å²) in [4.78, 5) is 8.09. The maximum absolute atomic E-state index is 3.50. The average molecular weight is 415 g/mol. The molecule has 2 heterocycles. The maximum atomic E-state index is 3.50. The van der Waals surface area contributed by atoms with Gasteiger partial charge in [-0.2, -0.15) is 0 Å². The van der Waals surface area contributed by atoms with Crippen molar-refractivity contribution in [2.75, 3.05) is 19.6 Å². The number of hydrogen-bond donors (Lipinski definition) is 0. The maximum Gasteiger partial charge on any atom is 0.0378 e. The molecule has 2 aliphatic heterocycles. The van der Waals surface area contributed by atoms with Crippen LogP contribution in [0.3, 0.4) is 0 Å². The van der Waals surface area contributed by atoms with Gasteiger partial charge in [-0.15, -0.1) is 0 Å². The van der Waals surface area contributed by atoms with Gasteiger partial charge in [0, 0.05) is 52.0 Å². The van der Waals surface area contributed by atoms with Gasteiger partial charge < -0.3 is 0 Å². The minimum atomic E-state index is 0.579. The molecule has 0 N–H and O–H groups in total. The van der Waals surface area contributed by atoms with E-state index in [2.05, 4.69) is 74.3 Å². The van der Waals surface area contributed by atoms with Gasteiger partial charge in [0.05, 0.1) is 0 Å². The van der Waals surface area contributed by atoms with E-state index in [0.29, 0.717) is 5.54 Å². The lowest BCUT2D eigenvalue weighted by Gasteiger charge is -2.69. The summed E-state index contributed by atoms with van der Waals surface area (Å²) in [5.41, 5.74) is 2.03. The summed E-state index contributed by atoms with van der Waals surface area (Å²) in [7, 11) is 0. The first-order valence-electron chi connectivity index (χ1n) is 9.24. The fourth-order valence-corrected chi connectivity index (χ4v) is 5.89. The molecule has 1 spiro atoms. The molecule has 2 saturated heterocycles. The summed E-state index contributed by atoms with van der Waals surface area (Å²) in [6.45, 7) is 4.96. The second kappa shape index (κ2) is 6.41. The zero-order valence-corrected chi connectivity index (χ0v) is 16.7. The predicted octanol–water partition coefficient (Wildman–Crippen LogP) is 5.02. The molecular weight excluding hydrogens is 392 g/mol. The summed E-state index contributed by atoms with van der Waals surface area (Å²) in [5.74, 6) is 0. The first-order valence-corrected chi connectivity index (χ1v) is 10.9. The van der Waals surface area contributed by atoms with Gasteiger partial charge in [-0.1, -0.05) is 39.8 Å². The van der Waals surface area contributed by atoms with E-state index in [-0.39, 0.29) is 0 Å². The van der Waals surface area contributed by atoms with Gasteiger partial charge in [-0.05, 0) is 61.2 Å². The molecule has 3 aliphatic rings.